The molecule has 1 aromatic heterocycles. The zero-order valence-electron chi connectivity index (χ0n) is 14.2. The molecule has 0 saturated carbocycles. The fourth-order valence-corrected chi connectivity index (χ4v) is 2.45. The first-order valence-corrected chi connectivity index (χ1v) is 8.08. The van der Waals surface area contributed by atoms with Crippen molar-refractivity contribution in [2.45, 2.75) is 0 Å². The normalized spacial score (nSPS) is 10.5. The number of hydrogen-bond acceptors (Lipinski definition) is 7. The third kappa shape index (κ3) is 3.71. The molecule has 0 fully saturated rings. The first-order valence-electron chi connectivity index (χ1n) is 7.70. The van der Waals surface area contributed by atoms with E-state index >= 15 is 0 Å². The lowest BCUT2D eigenvalue weighted by atomic mass is 10.2. The van der Waals surface area contributed by atoms with E-state index in [9.17, 15) is 9.59 Å². The van der Waals surface area contributed by atoms with Gasteiger partial charge < -0.3 is 16.2 Å². The van der Waals surface area contributed by atoms with E-state index in [1.807, 2.05) is 0 Å². The van der Waals surface area contributed by atoms with Crippen molar-refractivity contribution in [3.63, 3.8) is 0 Å². The van der Waals surface area contributed by atoms with E-state index in [1.54, 1.807) is 42.5 Å². The number of rotatable bonds is 4. The van der Waals surface area contributed by atoms with Gasteiger partial charge in [0.05, 0.1) is 10.9 Å². The molecule has 0 unspecified atom stereocenters. The molecule has 0 aliphatic rings. The third-order valence-electron chi connectivity index (χ3n) is 3.61. The molecular formula is C16H15ClN8O3. The molecular weight excluding hydrogens is 388 g/mol. The summed E-state index contributed by atoms with van der Waals surface area (Å²) >= 11 is 5.88. The predicted octanol–water partition coefficient (Wildman–Crippen LogP) is 1.59. The lowest BCUT2D eigenvalue weighted by Gasteiger charge is -2.20. The fraction of sp³-hybridized carbons (Fsp3) is 0. The molecule has 0 radical (unpaired) electrons. The number of primary amides is 2. The van der Waals surface area contributed by atoms with Crippen LogP contribution in [0.25, 0.3) is 10.9 Å². The van der Waals surface area contributed by atoms with Crippen LogP contribution in [0.1, 0.15) is 0 Å². The Morgan fingerprint density at radius 3 is 2.18 bits per heavy atom. The van der Waals surface area contributed by atoms with E-state index in [-0.39, 0.29) is 28.4 Å². The lowest BCUT2D eigenvalue weighted by molar-refractivity contribution is 0.253. The van der Waals surface area contributed by atoms with Crippen molar-refractivity contribution >= 4 is 46.3 Å². The van der Waals surface area contributed by atoms with E-state index in [4.69, 9.17) is 39.5 Å². The Balaban J connectivity index is 2.21. The van der Waals surface area contributed by atoms with Gasteiger partial charge in [0.25, 0.3) is 5.95 Å². The highest BCUT2D eigenvalue weighted by Crippen LogP contribution is 2.35. The molecule has 0 saturated heterocycles. The largest absolute Gasteiger partial charge is 0.457 e. The standard InChI is InChI=1S/C16H15ClN8O3/c17-8-4-6-9(7-5-8)28-11-3-1-2-10-12(11)13(24(20)14(18)26)23-16(22-10)25(21)15(19)27/h1-7H,20-21H2,(H2,18,26)(H2,19,27). The summed E-state index contributed by atoms with van der Waals surface area (Å²) in [4.78, 5) is 31.2. The molecule has 0 spiro atoms. The van der Waals surface area contributed by atoms with Crippen LogP contribution in [0.5, 0.6) is 11.5 Å². The fourth-order valence-electron chi connectivity index (χ4n) is 2.32. The molecule has 144 valence electrons. The number of carbonyl (C=O) groups excluding carboxylic acids is 2. The monoisotopic (exact) mass is 402 g/mol. The Labute approximate surface area is 163 Å². The van der Waals surface area contributed by atoms with Gasteiger partial charge in [0, 0.05) is 5.02 Å². The molecule has 0 aliphatic carbocycles. The van der Waals surface area contributed by atoms with Gasteiger partial charge in [0.15, 0.2) is 5.82 Å². The van der Waals surface area contributed by atoms with Gasteiger partial charge in [-0.15, -0.1) is 0 Å². The second kappa shape index (κ2) is 7.52. The quantitative estimate of drug-likeness (QED) is 0.290. The molecule has 28 heavy (non-hydrogen) atoms. The first-order chi connectivity index (χ1) is 13.3. The van der Waals surface area contributed by atoms with Gasteiger partial charge in [0.2, 0.25) is 0 Å². The third-order valence-corrected chi connectivity index (χ3v) is 3.87. The number of anilines is 2. The number of hydrazine groups is 2. The molecule has 3 rings (SSSR count). The van der Waals surface area contributed by atoms with Crippen molar-refractivity contribution in [1.29, 1.82) is 0 Å². The van der Waals surface area contributed by atoms with Crippen molar-refractivity contribution in [1.82, 2.24) is 9.97 Å². The minimum absolute atomic E-state index is 0.131. The second-order valence-electron chi connectivity index (χ2n) is 5.47. The zero-order valence-corrected chi connectivity index (χ0v) is 15.0. The summed E-state index contributed by atoms with van der Waals surface area (Å²) < 4.78 is 5.86. The number of ether oxygens (including phenoxy) is 1. The van der Waals surface area contributed by atoms with E-state index in [0.717, 1.165) is 0 Å². The van der Waals surface area contributed by atoms with Gasteiger partial charge in [0.1, 0.15) is 11.5 Å². The topological polar surface area (TPSA) is 180 Å². The van der Waals surface area contributed by atoms with Crippen LogP contribution in [-0.4, -0.2) is 22.0 Å². The number of amides is 4. The average Bonchev–Trinajstić information content (AvgIpc) is 2.67. The number of benzene rings is 2. The Morgan fingerprint density at radius 1 is 0.929 bits per heavy atom. The van der Waals surface area contributed by atoms with Crippen LogP contribution in [0.4, 0.5) is 21.4 Å². The van der Waals surface area contributed by atoms with E-state index < -0.39 is 12.1 Å². The van der Waals surface area contributed by atoms with Crippen LogP contribution in [0, 0.1) is 0 Å². The Kier molecular flexibility index (Phi) is 5.13. The van der Waals surface area contributed by atoms with Crippen LogP contribution in [0.3, 0.4) is 0 Å². The van der Waals surface area contributed by atoms with Gasteiger partial charge in [-0.05, 0) is 36.4 Å². The smallest absolute Gasteiger partial charge is 0.336 e. The maximum absolute atomic E-state index is 11.6. The van der Waals surface area contributed by atoms with Crippen molar-refractivity contribution in [3.05, 3.63) is 47.5 Å². The summed E-state index contributed by atoms with van der Waals surface area (Å²) in [6.07, 6.45) is 0. The second-order valence-corrected chi connectivity index (χ2v) is 5.91. The van der Waals surface area contributed by atoms with Crippen LogP contribution < -0.4 is 37.9 Å². The molecule has 12 heteroatoms. The molecule has 8 N–H and O–H groups in total. The number of nitrogens with zero attached hydrogens (tertiary/aromatic N) is 4. The van der Waals surface area contributed by atoms with Crippen molar-refractivity contribution in [2.24, 2.45) is 23.2 Å². The summed E-state index contributed by atoms with van der Waals surface area (Å²) in [5, 5.41) is 1.89. The maximum atomic E-state index is 11.6. The van der Waals surface area contributed by atoms with Gasteiger partial charge in [-0.2, -0.15) is 9.99 Å². The average molecular weight is 403 g/mol. The van der Waals surface area contributed by atoms with Gasteiger partial charge in [-0.3, -0.25) is 0 Å². The van der Waals surface area contributed by atoms with E-state index in [0.29, 0.717) is 20.8 Å². The number of urea groups is 2. The molecule has 0 aliphatic heterocycles. The molecule has 0 bridgehead atoms. The van der Waals surface area contributed by atoms with Gasteiger partial charge >= 0.3 is 12.1 Å². The van der Waals surface area contributed by atoms with Crippen LogP contribution >= 0.6 is 11.6 Å². The number of fused-ring (bicyclic) bond motifs is 1. The molecule has 0 atom stereocenters. The lowest BCUT2D eigenvalue weighted by Crippen LogP contribution is -2.45. The van der Waals surface area contributed by atoms with E-state index in [1.165, 1.54) is 0 Å². The Hall–Kier alpha value is -3.67. The van der Waals surface area contributed by atoms with Crippen LogP contribution in [0.2, 0.25) is 5.02 Å². The first kappa shape index (κ1) is 19.1. The van der Waals surface area contributed by atoms with Crippen LogP contribution in [0.15, 0.2) is 42.5 Å². The van der Waals surface area contributed by atoms with E-state index in [2.05, 4.69) is 9.97 Å². The van der Waals surface area contributed by atoms with Gasteiger partial charge in [-0.1, -0.05) is 17.7 Å². The molecule has 2 aromatic carbocycles. The summed E-state index contributed by atoms with van der Waals surface area (Å²) in [5.41, 5.74) is 10.7. The SMILES string of the molecule is NC(=O)N(N)c1nc(N(N)C(N)=O)c2c(Oc3ccc(Cl)cc3)cccc2n1. The predicted molar refractivity (Wildman–Crippen MR) is 104 cm³/mol. The van der Waals surface area contributed by atoms with Crippen molar-refractivity contribution < 1.29 is 14.3 Å². The molecule has 1 heterocycles. The highest BCUT2D eigenvalue weighted by atomic mass is 35.5. The number of aromatic nitrogens is 2. The van der Waals surface area contributed by atoms with Crippen molar-refractivity contribution in [2.75, 3.05) is 10.0 Å². The number of halogens is 1. The minimum Gasteiger partial charge on any atom is -0.457 e. The molecule has 3 aromatic rings. The van der Waals surface area contributed by atoms with Gasteiger partial charge in [-0.25, -0.2) is 31.3 Å². The summed E-state index contributed by atoms with van der Waals surface area (Å²) in [5.74, 6) is 11.6. The number of nitrogens with two attached hydrogens (primary N) is 4. The summed E-state index contributed by atoms with van der Waals surface area (Å²) in [6, 6.07) is 9.43. The number of hydrogen-bond donors (Lipinski definition) is 4. The molecule has 11 nitrogen and oxygen atoms in total. The van der Waals surface area contributed by atoms with Crippen LogP contribution in [-0.2, 0) is 0 Å². The number of carbonyl (C=O) groups is 2. The highest BCUT2D eigenvalue weighted by molar-refractivity contribution is 6.30. The summed E-state index contributed by atoms with van der Waals surface area (Å²) in [6.45, 7) is 0. The minimum atomic E-state index is -1.01. The summed E-state index contributed by atoms with van der Waals surface area (Å²) in [7, 11) is 0. The zero-order chi connectivity index (χ0) is 20.4. The molecule has 4 amide bonds. The highest BCUT2D eigenvalue weighted by Gasteiger charge is 2.22. The van der Waals surface area contributed by atoms with Crippen molar-refractivity contribution in [3.8, 4) is 11.5 Å². The maximum Gasteiger partial charge on any atom is 0.336 e. The Bertz CT molecular complexity index is 1060. The Morgan fingerprint density at radius 2 is 1.57 bits per heavy atom.